The van der Waals surface area contributed by atoms with Gasteiger partial charge >= 0.3 is 0 Å². The van der Waals surface area contributed by atoms with Crippen LogP contribution in [0.2, 0.25) is 0 Å². The Bertz CT molecular complexity index is 218. The molecule has 4 heteroatoms. The van der Waals surface area contributed by atoms with Gasteiger partial charge in [0.1, 0.15) is 6.61 Å². The second-order valence-corrected chi connectivity index (χ2v) is 4.53. The van der Waals surface area contributed by atoms with E-state index in [1.807, 2.05) is 20.8 Å². The van der Waals surface area contributed by atoms with Crippen LogP contribution in [-0.4, -0.2) is 47.8 Å². The molecule has 0 radical (unpaired) electrons. The fraction of sp³-hybridized carbons (Fsp3) is 0.909. The van der Waals surface area contributed by atoms with Gasteiger partial charge in [0.15, 0.2) is 0 Å². The average molecular weight is 215 g/mol. The summed E-state index contributed by atoms with van der Waals surface area (Å²) in [7, 11) is 0. The molecule has 1 heterocycles. The molecule has 1 rings (SSSR count). The van der Waals surface area contributed by atoms with E-state index in [1.54, 1.807) is 4.90 Å². The third-order valence-electron chi connectivity index (χ3n) is 2.75. The Labute approximate surface area is 91.2 Å². The summed E-state index contributed by atoms with van der Waals surface area (Å²) in [5.74, 6) is 0.198. The largest absolute Gasteiger partial charge is 0.393 e. The van der Waals surface area contributed by atoms with E-state index < -0.39 is 0 Å². The summed E-state index contributed by atoms with van der Waals surface area (Å²) < 4.78 is 5.27. The molecular formula is C11H21NO3. The van der Waals surface area contributed by atoms with Crippen LogP contribution >= 0.6 is 0 Å². The number of rotatable bonds is 3. The Morgan fingerprint density at radius 2 is 2.27 bits per heavy atom. The number of carbonyl (C=O) groups excluding carboxylic acids is 1. The summed E-state index contributed by atoms with van der Waals surface area (Å²) in [4.78, 5) is 13.5. The number of amides is 1. The van der Waals surface area contributed by atoms with Gasteiger partial charge in [0.25, 0.3) is 0 Å². The molecule has 0 aromatic rings. The lowest BCUT2D eigenvalue weighted by Crippen LogP contribution is -2.46. The maximum Gasteiger partial charge on any atom is 0.248 e. The third kappa shape index (κ3) is 3.80. The van der Waals surface area contributed by atoms with Gasteiger partial charge in [-0.1, -0.05) is 6.92 Å². The number of likely N-dealkylation sites (tertiary alicyclic amines) is 1. The van der Waals surface area contributed by atoms with Crippen LogP contribution in [0.25, 0.3) is 0 Å². The number of hydrogen-bond acceptors (Lipinski definition) is 3. The number of aliphatic hydroxyl groups is 1. The molecule has 4 nitrogen and oxygen atoms in total. The van der Waals surface area contributed by atoms with Crippen LogP contribution in [0.1, 0.15) is 27.2 Å². The zero-order valence-corrected chi connectivity index (χ0v) is 9.77. The third-order valence-corrected chi connectivity index (χ3v) is 2.75. The summed E-state index contributed by atoms with van der Waals surface area (Å²) in [5.41, 5.74) is 0. The minimum absolute atomic E-state index is 0.0300. The first-order valence-electron chi connectivity index (χ1n) is 5.58. The molecule has 15 heavy (non-hydrogen) atoms. The van der Waals surface area contributed by atoms with Gasteiger partial charge in [-0.25, -0.2) is 0 Å². The van der Waals surface area contributed by atoms with E-state index in [-0.39, 0.29) is 30.6 Å². The molecule has 1 saturated heterocycles. The Morgan fingerprint density at radius 1 is 1.60 bits per heavy atom. The minimum atomic E-state index is -0.264. The van der Waals surface area contributed by atoms with Crippen molar-refractivity contribution in [2.45, 2.75) is 39.4 Å². The standard InChI is InChI=1S/C11H21NO3/c1-8(2)15-7-11(14)12-5-4-10(13)9(3)6-12/h8-10,13H,4-7H2,1-3H3. The monoisotopic (exact) mass is 215 g/mol. The highest BCUT2D eigenvalue weighted by atomic mass is 16.5. The van der Waals surface area contributed by atoms with Crippen molar-refractivity contribution in [1.82, 2.24) is 4.90 Å². The van der Waals surface area contributed by atoms with Crippen LogP contribution in [-0.2, 0) is 9.53 Å². The molecule has 0 aromatic heterocycles. The molecule has 1 N–H and O–H groups in total. The Morgan fingerprint density at radius 3 is 2.80 bits per heavy atom. The molecular weight excluding hydrogens is 194 g/mol. The SMILES string of the molecule is CC(C)OCC(=O)N1CCC(O)C(C)C1. The van der Waals surface area contributed by atoms with E-state index in [1.165, 1.54) is 0 Å². The fourth-order valence-corrected chi connectivity index (χ4v) is 1.69. The molecule has 88 valence electrons. The van der Waals surface area contributed by atoms with Gasteiger partial charge in [0.2, 0.25) is 5.91 Å². The van der Waals surface area contributed by atoms with Crippen molar-refractivity contribution in [1.29, 1.82) is 0 Å². The van der Waals surface area contributed by atoms with Gasteiger partial charge in [-0.15, -0.1) is 0 Å². The maximum atomic E-state index is 11.7. The zero-order chi connectivity index (χ0) is 11.4. The lowest BCUT2D eigenvalue weighted by Gasteiger charge is -2.34. The van der Waals surface area contributed by atoms with Crippen molar-refractivity contribution in [3.8, 4) is 0 Å². The van der Waals surface area contributed by atoms with Gasteiger partial charge in [-0.2, -0.15) is 0 Å². The molecule has 1 fully saturated rings. The maximum absolute atomic E-state index is 11.7. The first-order valence-corrected chi connectivity index (χ1v) is 5.58. The van der Waals surface area contributed by atoms with E-state index in [9.17, 15) is 9.90 Å². The van der Waals surface area contributed by atoms with Crippen LogP contribution in [0.4, 0.5) is 0 Å². The quantitative estimate of drug-likeness (QED) is 0.751. The summed E-state index contributed by atoms with van der Waals surface area (Å²) >= 11 is 0. The van der Waals surface area contributed by atoms with Crippen molar-refractivity contribution in [3.63, 3.8) is 0 Å². The van der Waals surface area contributed by atoms with E-state index in [0.29, 0.717) is 19.5 Å². The zero-order valence-electron chi connectivity index (χ0n) is 9.77. The van der Waals surface area contributed by atoms with E-state index >= 15 is 0 Å². The van der Waals surface area contributed by atoms with Gasteiger partial charge in [-0.3, -0.25) is 4.79 Å². The summed E-state index contributed by atoms with van der Waals surface area (Å²) in [6.07, 6.45) is 0.496. The second kappa shape index (κ2) is 5.47. The van der Waals surface area contributed by atoms with Crippen LogP contribution in [0, 0.1) is 5.92 Å². The van der Waals surface area contributed by atoms with E-state index in [4.69, 9.17) is 4.74 Å². The normalized spacial score (nSPS) is 27.1. The van der Waals surface area contributed by atoms with Crippen LogP contribution in [0.5, 0.6) is 0 Å². The molecule has 1 aliphatic heterocycles. The molecule has 1 aliphatic rings. The van der Waals surface area contributed by atoms with Crippen LogP contribution < -0.4 is 0 Å². The van der Waals surface area contributed by atoms with Crippen molar-refractivity contribution in [2.24, 2.45) is 5.92 Å². The number of aliphatic hydroxyl groups excluding tert-OH is 1. The molecule has 2 unspecified atom stereocenters. The van der Waals surface area contributed by atoms with E-state index in [0.717, 1.165) is 0 Å². The molecule has 1 amide bonds. The Hall–Kier alpha value is -0.610. The molecule has 0 bridgehead atoms. The van der Waals surface area contributed by atoms with Crippen molar-refractivity contribution < 1.29 is 14.6 Å². The first kappa shape index (κ1) is 12.5. The highest BCUT2D eigenvalue weighted by molar-refractivity contribution is 5.77. The molecule has 0 aromatic carbocycles. The van der Waals surface area contributed by atoms with Gasteiger partial charge < -0.3 is 14.7 Å². The number of piperidine rings is 1. The number of hydrogen-bond donors (Lipinski definition) is 1. The van der Waals surface area contributed by atoms with Crippen molar-refractivity contribution >= 4 is 5.91 Å². The van der Waals surface area contributed by atoms with Crippen LogP contribution in [0.15, 0.2) is 0 Å². The molecule has 0 saturated carbocycles. The number of carbonyl (C=O) groups is 1. The lowest BCUT2D eigenvalue weighted by atomic mass is 9.97. The van der Waals surface area contributed by atoms with Gasteiger partial charge in [0, 0.05) is 13.1 Å². The Kier molecular flexibility index (Phi) is 4.54. The fourth-order valence-electron chi connectivity index (χ4n) is 1.69. The molecule has 0 aliphatic carbocycles. The van der Waals surface area contributed by atoms with E-state index in [2.05, 4.69) is 0 Å². The number of ether oxygens (including phenoxy) is 1. The van der Waals surface area contributed by atoms with Gasteiger partial charge in [-0.05, 0) is 26.2 Å². The smallest absolute Gasteiger partial charge is 0.248 e. The average Bonchev–Trinajstić information content (AvgIpc) is 2.18. The summed E-state index contributed by atoms with van der Waals surface area (Å²) in [5, 5.41) is 9.53. The predicted octanol–water partition coefficient (Wildman–Crippen LogP) is 0.641. The molecule has 2 atom stereocenters. The van der Waals surface area contributed by atoms with Crippen molar-refractivity contribution in [3.05, 3.63) is 0 Å². The summed E-state index contributed by atoms with van der Waals surface area (Å²) in [6, 6.07) is 0. The first-order chi connectivity index (χ1) is 7.00. The van der Waals surface area contributed by atoms with Crippen LogP contribution in [0.3, 0.4) is 0 Å². The predicted molar refractivity (Wildman–Crippen MR) is 57.5 cm³/mol. The topological polar surface area (TPSA) is 49.8 Å². The lowest BCUT2D eigenvalue weighted by molar-refractivity contribution is -0.141. The summed E-state index contributed by atoms with van der Waals surface area (Å²) in [6.45, 7) is 7.23. The highest BCUT2D eigenvalue weighted by Gasteiger charge is 2.26. The second-order valence-electron chi connectivity index (χ2n) is 4.53. The highest BCUT2D eigenvalue weighted by Crippen LogP contribution is 2.16. The van der Waals surface area contributed by atoms with Crippen molar-refractivity contribution in [2.75, 3.05) is 19.7 Å². The Balaban J connectivity index is 2.34. The van der Waals surface area contributed by atoms with Gasteiger partial charge in [0.05, 0.1) is 12.2 Å². The molecule has 0 spiro atoms. The minimum Gasteiger partial charge on any atom is -0.393 e. The number of nitrogens with zero attached hydrogens (tertiary/aromatic N) is 1.